The summed E-state index contributed by atoms with van der Waals surface area (Å²) >= 11 is 12.1. The zero-order valence-electron chi connectivity index (χ0n) is 12.5. The van der Waals surface area contributed by atoms with E-state index in [1.165, 1.54) is 44.2 Å². The van der Waals surface area contributed by atoms with E-state index in [0.29, 0.717) is 10.0 Å². The maximum atomic E-state index is 6.12. The minimum absolute atomic E-state index is 0.644. The van der Waals surface area contributed by atoms with Gasteiger partial charge in [0.25, 0.3) is 0 Å². The van der Waals surface area contributed by atoms with E-state index in [-0.39, 0.29) is 0 Å². The van der Waals surface area contributed by atoms with Crippen molar-refractivity contribution in [3.63, 3.8) is 0 Å². The fourth-order valence-corrected chi connectivity index (χ4v) is 3.31. The molecule has 1 atom stereocenters. The highest BCUT2D eigenvalue weighted by atomic mass is 35.5. The molecule has 1 aliphatic heterocycles. The summed E-state index contributed by atoms with van der Waals surface area (Å²) in [6.07, 6.45) is 6.68. The molecule has 0 N–H and O–H groups in total. The standard InChI is InChI=1S/C17H25Cl2N/c1-13(2)6-8-15-5-3-4-10-20(15)12-14-7-9-16(18)17(19)11-14/h7,9,11,13,15H,3-6,8,10,12H2,1-2H3. The second-order valence-electron chi connectivity index (χ2n) is 6.34. The summed E-state index contributed by atoms with van der Waals surface area (Å²) in [5, 5.41) is 1.31. The molecule has 0 radical (unpaired) electrons. The highest BCUT2D eigenvalue weighted by molar-refractivity contribution is 6.42. The summed E-state index contributed by atoms with van der Waals surface area (Å²) in [4.78, 5) is 2.63. The first kappa shape index (κ1) is 16.1. The van der Waals surface area contributed by atoms with Crippen LogP contribution < -0.4 is 0 Å². The van der Waals surface area contributed by atoms with Gasteiger partial charge in [0.15, 0.2) is 0 Å². The Balaban J connectivity index is 1.98. The molecule has 0 bridgehead atoms. The summed E-state index contributed by atoms with van der Waals surface area (Å²) in [5.74, 6) is 0.795. The van der Waals surface area contributed by atoms with Crippen LogP contribution in [0.5, 0.6) is 0 Å². The Labute approximate surface area is 133 Å². The Kier molecular flexibility index (Phi) is 6.20. The maximum absolute atomic E-state index is 6.12. The number of halogens is 2. The molecule has 0 amide bonds. The van der Waals surface area contributed by atoms with Crippen LogP contribution in [0.3, 0.4) is 0 Å². The van der Waals surface area contributed by atoms with Gasteiger partial charge in [-0.2, -0.15) is 0 Å². The second-order valence-corrected chi connectivity index (χ2v) is 7.15. The van der Waals surface area contributed by atoms with Gasteiger partial charge in [0.1, 0.15) is 0 Å². The van der Waals surface area contributed by atoms with Crippen LogP contribution in [0.4, 0.5) is 0 Å². The number of nitrogens with zero attached hydrogens (tertiary/aromatic N) is 1. The van der Waals surface area contributed by atoms with Gasteiger partial charge in [-0.15, -0.1) is 0 Å². The number of likely N-dealkylation sites (tertiary alicyclic amines) is 1. The topological polar surface area (TPSA) is 3.24 Å². The third kappa shape index (κ3) is 4.65. The SMILES string of the molecule is CC(C)CCC1CCCCN1Cc1ccc(Cl)c(Cl)c1. The highest BCUT2D eigenvalue weighted by Crippen LogP contribution is 2.27. The lowest BCUT2D eigenvalue weighted by Gasteiger charge is -2.36. The third-order valence-corrected chi connectivity index (χ3v) is 4.94. The minimum Gasteiger partial charge on any atom is -0.296 e. The fourth-order valence-electron chi connectivity index (χ4n) is 2.99. The summed E-state index contributed by atoms with van der Waals surface area (Å²) in [7, 11) is 0. The summed E-state index contributed by atoms with van der Waals surface area (Å²) in [5.41, 5.74) is 1.27. The molecule has 1 aromatic carbocycles. The van der Waals surface area contributed by atoms with Gasteiger partial charge in [-0.25, -0.2) is 0 Å². The Bertz CT molecular complexity index is 431. The molecule has 1 aliphatic rings. The highest BCUT2D eigenvalue weighted by Gasteiger charge is 2.22. The van der Waals surface area contributed by atoms with Crippen LogP contribution >= 0.6 is 23.2 Å². The molecule has 3 heteroatoms. The molecular formula is C17H25Cl2N. The number of piperidine rings is 1. The lowest BCUT2D eigenvalue weighted by Crippen LogP contribution is -2.39. The van der Waals surface area contributed by atoms with Crippen molar-refractivity contribution in [2.75, 3.05) is 6.54 Å². The third-order valence-electron chi connectivity index (χ3n) is 4.20. The van der Waals surface area contributed by atoms with Crippen molar-refractivity contribution >= 4 is 23.2 Å². The van der Waals surface area contributed by atoms with Crippen molar-refractivity contribution in [3.05, 3.63) is 33.8 Å². The van der Waals surface area contributed by atoms with E-state index >= 15 is 0 Å². The van der Waals surface area contributed by atoms with Crippen molar-refractivity contribution < 1.29 is 0 Å². The van der Waals surface area contributed by atoms with E-state index in [2.05, 4.69) is 24.8 Å². The van der Waals surface area contributed by atoms with Gasteiger partial charge in [0, 0.05) is 12.6 Å². The lowest BCUT2D eigenvalue weighted by atomic mass is 9.94. The predicted octanol–water partition coefficient (Wildman–Crippen LogP) is 5.78. The zero-order valence-corrected chi connectivity index (χ0v) is 14.1. The average Bonchev–Trinajstić information content (AvgIpc) is 2.42. The fraction of sp³-hybridized carbons (Fsp3) is 0.647. The molecule has 1 saturated heterocycles. The molecule has 0 spiro atoms. The van der Waals surface area contributed by atoms with Crippen molar-refractivity contribution in [1.29, 1.82) is 0 Å². The van der Waals surface area contributed by atoms with E-state index in [9.17, 15) is 0 Å². The maximum Gasteiger partial charge on any atom is 0.0595 e. The smallest absolute Gasteiger partial charge is 0.0595 e. The van der Waals surface area contributed by atoms with Crippen molar-refractivity contribution in [2.24, 2.45) is 5.92 Å². The molecule has 1 aromatic rings. The van der Waals surface area contributed by atoms with Crippen LogP contribution in [0.1, 0.15) is 51.5 Å². The first-order chi connectivity index (χ1) is 9.56. The Morgan fingerprint density at radius 2 is 2.00 bits per heavy atom. The predicted molar refractivity (Wildman–Crippen MR) is 88.6 cm³/mol. The Hall–Kier alpha value is -0.240. The first-order valence-corrected chi connectivity index (χ1v) is 8.50. The van der Waals surface area contributed by atoms with Gasteiger partial charge in [0.2, 0.25) is 0 Å². The van der Waals surface area contributed by atoms with Crippen LogP contribution in [-0.2, 0) is 6.54 Å². The average molecular weight is 314 g/mol. The molecule has 20 heavy (non-hydrogen) atoms. The van der Waals surface area contributed by atoms with Crippen LogP contribution in [-0.4, -0.2) is 17.5 Å². The first-order valence-electron chi connectivity index (χ1n) is 7.74. The normalized spacial score (nSPS) is 20.6. The van der Waals surface area contributed by atoms with Crippen LogP contribution in [0.15, 0.2) is 18.2 Å². The molecule has 2 rings (SSSR count). The number of hydrogen-bond donors (Lipinski definition) is 0. The quantitative estimate of drug-likeness (QED) is 0.665. The van der Waals surface area contributed by atoms with Gasteiger partial charge in [-0.3, -0.25) is 4.90 Å². The molecule has 1 fully saturated rings. The number of rotatable bonds is 5. The van der Waals surface area contributed by atoms with Crippen molar-refractivity contribution in [3.8, 4) is 0 Å². The summed E-state index contributed by atoms with van der Waals surface area (Å²) < 4.78 is 0. The van der Waals surface area contributed by atoms with E-state index in [1.807, 2.05) is 12.1 Å². The molecule has 1 unspecified atom stereocenters. The van der Waals surface area contributed by atoms with E-state index in [4.69, 9.17) is 23.2 Å². The van der Waals surface area contributed by atoms with Crippen LogP contribution in [0.25, 0.3) is 0 Å². The van der Waals surface area contributed by atoms with Crippen LogP contribution in [0.2, 0.25) is 10.0 Å². The van der Waals surface area contributed by atoms with E-state index in [1.54, 1.807) is 0 Å². The molecule has 1 nitrogen and oxygen atoms in total. The second kappa shape index (κ2) is 7.68. The lowest BCUT2D eigenvalue weighted by molar-refractivity contribution is 0.127. The number of hydrogen-bond acceptors (Lipinski definition) is 1. The minimum atomic E-state index is 0.644. The van der Waals surface area contributed by atoms with Gasteiger partial charge >= 0.3 is 0 Å². The zero-order chi connectivity index (χ0) is 14.5. The molecular weight excluding hydrogens is 289 g/mol. The summed E-state index contributed by atoms with van der Waals surface area (Å²) in [6, 6.07) is 6.76. The van der Waals surface area contributed by atoms with Crippen molar-refractivity contribution in [1.82, 2.24) is 4.90 Å². The molecule has 0 saturated carbocycles. The molecule has 1 heterocycles. The largest absolute Gasteiger partial charge is 0.296 e. The summed E-state index contributed by atoms with van der Waals surface area (Å²) in [6.45, 7) is 6.83. The van der Waals surface area contributed by atoms with Gasteiger partial charge in [-0.1, -0.05) is 49.5 Å². The molecule has 0 aliphatic carbocycles. The van der Waals surface area contributed by atoms with Crippen LogP contribution in [0, 0.1) is 5.92 Å². The monoisotopic (exact) mass is 313 g/mol. The van der Waals surface area contributed by atoms with Crippen molar-refractivity contribution in [2.45, 2.75) is 58.5 Å². The van der Waals surface area contributed by atoms with Gasteiger partial charge < -0.3 is 0 Å². The number of benzene rings is 1. The van der Waals surface area contributed by atoms with E-state index < -0.39 is 0 Å². The molecule has 0 aromatic heterocycles. The van der Waals surface area contributed by atoms with Gasteiger partial charge in [0.05, 0.1) is 10.0 Å². The Morgan fingerprint density at radius 3 is 2.70 bits per heavy atom. The molecule has 112 valence electrons. The van der Waals surface area contributed by atoms with E-state index in [0.717, 1.165) is 18.5 Å². The Morgan fingerprint density at radius 1 is 1.20 bits per heavy atom. The van der Waals surface area contributed by atoms with Gasteiger partial charge in [-0.05, 0) is 55.8 Å².